The van der Waals surface area contributed by atoms with Crippen molar-refractivity contribution < 1.29 is 14.7 Å². The van der Waals surface area contributed by atoms with Gasteiger partial charge in [0.05, 0.1) is 0 Å². The van der Waals surface area contributed by atoms with Gasteiger partial charge in [-0.05, 0) is 13.3 Å². The molecule has 1 rings (SSSR count). The Balaban J connectivity index is 2.95. The van der Waals surface area contributed by atoms with Gasteiger partial charge in [0.1, 0.15) is 13.1 Å². The van der Waals surface area contributed by atoms with E-state index in [9.17, 15) is 19.2 Å². The Hall–Kier alpha value is -2.38. The first-order chi connectivity index (χ1) is 9.35. The first-order valence-electron chi connectivity index (χ1n) is 6.16. The number of carbonyl (C=O) groups is 2. The number of carbonyl (C=O) groups excluding carboxylic acids is 1. The van der Waals surface area contributed by atoms with Crippen molar-refractivity contribution in [2.45, 2.75) is 32.9 Å². The van der Waals surface area contributed by atoms with E-state index in [2.05, 4.69) is 5.10 Å². The minimum atomic E-state index is -1.13. The summed E-state index contributed by atoms with van der Waals surface area (Å²) in [6.45, 7) is 2.70. The van der Waals surface area contributed by atoms with E-state index < -0.39 is 36.1 Å². The van der Waals surface area contributed by atoms with Gasteiger partial charge in [0.15, 0.2) is 0 Å². The number of nitrogens with one attached hydrogen (secondary N) is 1. The predicted octanol–water partition coefficient (Wildman–Crippen LogP) is -0.752. The highest BCUT2D eigenvalue weighted by molar-refractivity contribution is 5.81. The molecule has 8 nitrogen and oxygen atoms in total. The molecule has 0 bridgehead atoms. The molecular weight excluding hydrogens is 266 g/mol. The number of aromatic nitrogens is 2. The van der Waals surface area contributed by atoms with Gasteiger partial charge in [0.2, 0.25) is 5.91 Å². The minimum absolute atomic E-state index is 0.273. The van der Waals surface area contributed by atoms with Gasteiger partial charge in [0, 0.05) is 18.2 Å². The van der Waals surface area contributed by atoms with Crippen LogP contribution in [-0.2, 0) is 16.1 Å². The van der Waals surface area contributed by atoms with Gasteiger partial charge in [-0.2, -0.15) is 0 Å². The normalized spacial score (nSPS) is 11.9. The number of carboxylic acids is 1. The van der Waals surface area contributed by atoms with Gasteiger partial charge in [-0.25, -0.2) is 4.68 Å². The fourth-order valence-electron chi connectivity index (χ4n) is 1.66. The maximum Gasteiger partial charge on any atom is 0.323 e. The lowest BCUT2D eigenvalue weighted by molar-refractivity contribution is -0.146. The van der Waals surface area contributed by atoms with Gasteiger partial charge in [-0.3, -0.25) is 24.3 Å². The quantitative estimate of drug-likeness (QED) is 0.713. The van der Waals surface area contributed by atoms with E-state index in [-0.39, 0.29) is 6.04 Å². The third-order valence-corrected chi connectivity index (χ3v) is 2.93. The molecule has 110 valence electrons. The van der Waals surface area contributed by atoms with E-state index in [4.69, 9.17) is 5.11 Å². The average molecular weight is 283 g/mol. The lowest BCUT2D eigenvalue weighted by Crippen LogP contribution is -2.45. The molecule has 0 aliphatic heterocycles. The maximum atomic E-state index is 12.1. The predicted molar refractivity (Wildman–Crippen MR) is 70.4 cm³/mol. The van der Waals surface area contributed by atoms with E-state index in [1.54, 1.807) is 6.92 Å². The van der Waals surface area contributed by atoms with Crippen LogP contribution in [0.25, 0.3) is 0 Å². The average Bonchev–Trinajstić information content (AvgIpc) is 2.39. The van der Waals surface area contributed by atoms with Crippen LogP contribution in [0.1, 0.15) is 20.3 Å². The van der Waals surface area contributed by atoms with Crippen LogP contribution in [0.5, 0.6) is 0 Å². The monoisotopic (exact) mass is 283 g/mol. The number of hydrogen-bond acceptors (Lipinski definition) is 4. The molecule has 1 atom stereocenters. The van der Waals surface area contributed by atoms with Crippen molar-refractivity contribution >= 4 is 11.9 Å². The number of hydrogen-bond donors (Lipinski definition) is 2. The number of amides is 1. The molecule has 0 radical (unpaired) electrons. The third-order valence-electron chi connectivity index (χ3n) is 2.93. The van der Waals surface area contributed by atoms with Gasteiger partial charge in [-0.1, -0.05) is 6.92 Å². The van der Waals surface area contributed by atoms with Gasteiger partial charge in [0.25, 0.3) is 11.1 Å². The van der Waals surface area contributed by atoms with Crippen LogP contribution in [-0.4, -0.2) is 44.3 Å². The van der Waals surface area contributed by atoms with Gasteiger partial charge >= 0.3 is 5.97 Å². The number of carboxylic acid groups (broad SMARTS) is 1. The number of H-pyrrole nitrogens is 1. The molecule has 0 saturated heterocycles. The molecule has 0 aliphatic carbocycles. The van der Waals surface area contributed by atoms with E-state index >= 15 is 0 Å². The SMILES string of the molecule is CCC(C)N(CC(=O)O)C(=O)Cn1[nH]c(=O)ccc1=O. The molecule has 1 unspecified atom stereocenters. The standard InChI is InChI=1S/C12H17N3O5/c1-3-8(2)14(7-12(19)20)11(18)6-15-10(17)5-4-9(16)13-15/h4-5,8H,3,6-7H2,1-2H3,(H,13,16)(H,19,20). The van der Waals surface area contributed by atoms with Crippen LogP contribution < -0.4 is 11.1 Å². The Morgan fingerprint density at radius 3 is 2.60 bits per heavy atom. The second kappa shape index (κ2) is 6.69. The summed E-state index contributed by atoms with van der Waals surface area (Å²) in [5.74, 6) is -1.67. The highest BCUT2D eigenvalue weighted by Crippen LogP contribution is 2.04. The summed E-state index contributed by atoms with van der Waals surface area (Å²) in [7, 11) is 0. The topological polar surface area (TPSA) is 112 Å². The second-order valence-corrected chi connectivity index (χ2v) is 4.41. The number of aromatic amines is 1. The number of aliphatic carboxylic acids is 1. The summed E-state index contributed by atoms with van der Waals surface area (Å²) in [6.07, 6.45) is 0.583. The molecule has 0 spiro atoms. The zero-order valence-corrected chi connectivity index (χ0v) is 11.3. The summed E-state index contributed by atoms with van der Waals surface area (Å²) in [4.78, 5) is 46.7. The van der Waals surface area contributed by atoms with Crippen LogP contribution in [0.3, 0.4) is 0 Å². The van der Waals surface area contributed by atoms with Crippen LogP contribution in [0.4, 0.5) is 0 Å². The third kappa shape index (κ3) is 4.08. The molecule has 0 aromatic carbocycles. The Labute approximate surface area is 114 Å². The fraction of sp³-hybridized carbons (Fsp3) is 0.500. The van der Waals surface area contributed by atoms with Crippen LogP contribution >= 0.6 is 0 Å². The van der Waals surface area contributed by atoms with Gasteiger partial charge < -0.3 is 10.0 Å². The molecule has 1 aromatic rings. The van der Waals surface area contributed by atoms with Crippen molar-refractivity contribution in [3.8, 4) is 0 Å². The summed E-state index contributed by atoms with van der Waals surface area (Å²) < 4.78 is 0.863. The van der Waals surface area contributed by atoms with Gasteiger partial charge in [-0.15, -0.1) is 0 Å². The lowest BCUT2D eigenvalue weighted by atomic mass is 10.2. The molecule has 0 saturated carbocycles. The Kier molecular flexibility index (Phi) is 5.24. The number of nitrogens with zero attached hydrogens (tertiary/aromatic N) is 2. The molecule has 0 fully saturated rings. The molecule has 0 aliphatic rings. The van der Waals surface area contributed by atoms with E-state index in [0.717, 1.165) is 16.8 Å². The summed E-state index contributed by atoms with van der Waals surface area (Å²) in [5.41, 5.74) is -1.04. The maximum absolute atomic E-state index is 12.1. The van der Waals surface area contributed by atoms with Crippen molar-refractivity contribution in [1.82, 2.24) is 14.7 Å². The van der Waals surface area contributed by atoms with E-state index in [0.29, 0.717) is 6.42 Å². The van der Waals surface area contributed by atoms with E-state index in [1.165, 1.54) is 4.90 Å². The number of rotatable bonds is 6. The molecule has 2 N–H and O–H groups in total. The molecule has 1 aromatic heterocycles. The first-order valence-corrected chi connectivity index (χ1v) is 6.16. The minimum Gasteiger partial charge on any atom is -0.480 e. The van der Waals surface area contributed by atoms with Crippen molar-refractivity contribution in [2.75, 3.05) is 6.54 Å². The molecule has 8 heteroatoms. The molecule has 1 heterocycles. The van der Waals surface area contributed by atoms with Crippen molar-refractivity contribution in [1.29, 1.82) is 0 Å². The van der Waals surface area contributed by atoms with Crippen molar-refractivity contribution in [3.63, 3.8) is 0 Å². The highest BCUT2D eigenvalue weighted by atomic mass is 16.4. The van der Waals surface area contributed by atoms with Crippen molar-refractivity contribution in [2.24, 2.45) is 0 Å². The molecule has 20 heavy (non-hydrogen) atoms. The Bertz CT molecular complexity index is 604. The Morgan fingerprint density at radius 1 is 1.40 bits per heavy atom. The van der Waals surface area contributed by atoms with Crippen LogP contribution in [0, 0.1) is 0 Å². The molecule has 1 amide bonds. The lowest BCUT2D eigenvalue weighted by Gasteiger charge is -2.27. The molecular formula is C12H17N3O5. The summed E-state index contributed by atoms with van der Waals surface area (Å²) in [6, 6.07) is 1.84. The first kappa shape index (κ1) is 15.7. The summed E-state index contributed by atoms with van der Waals surface area (Å²) in [5, 5.41) is 11.0. The van der Waals surface area contributed by atoms with E-state index in [1.807, 2.05) is 6.92 Å². The van der Waals surface area contributed by atoms with Crippen LogP contribution in [0.2, 0.25) is 0 Å². The van der Waals surface area contributed by atoms with Crippen molar-refractivity contribution in [3.05, 3.63) is 32.8 Å². The zero-order chi connectivity index (χ0) is 15.3. The largest absolute Gasteiger partial charge is 0.480 e. The second-order valence-electron chi connectivity index (χ2n) is 4.41. The zero-order valence-electron chi connectivity index (χ0n) is 11.3. The highest BCUT2D eigenvalue weighted by Gasteiger charge is 2.22. The smallest absolute Gasteiger partial charge is 0.323 e. The summed E-state index contributed by atoms with van der Waals surface area (Å²) >= 11 is 0. The Morgan fingerprint density at radius 2 is 2.05 bits per heavy atom. The van der Waals surface area contributed by atoms with Crippen LogP contribution in [0.15, 0.2) is 21.7 Å². The fourth-order valence-corrected chi connectivity index (χ4v) is 1.66.